The van der Waals surface area contributed by atoms with Crippen molar-refractivity contribution in [2.45, 2.75) is 25.5 Å². The summed E-state index contributed by atoms with van der Waals surface area (Å²) in [5.74, 6) is 0.523. The van der Waals surface area contributed by atoms with Crippen molar-refractivity contribution in [1.82, 2.24) is 19.6 Å². The van der Waals surface area contributed by atoms with Gasteiger partial charge in [0.15, 0.2) is 0 Å². The zero-order chi connectivity index (χ0) is 20.1. The second kappa shape index (κ2) is 8.43. The fourth-order valence-corrected chi connectivity index (χ4v) is 3.47. The van der Waals surface area contributed by atoms with Gasteiger partial charge in [0.25, 0.3) is 0 Å². The highest BCUT2D eigenvalue weighted by Gasteiger charge is 2.38. The average Bonchev–Trinajstić information content (AvgIpc) is 3.09. The standard InChI is InChI=1S/C20H26N4O4/c1-16(25)22-10-11-23(14-20(27,13-22)15-24-9-3-8-21-24)19(26)12-17-4-6-18(28-2)7-5-17/h3-9,27H,10-15H2,1-2H3/t20-/m1/s1. The molecular formula is C20H26N4O4. The highest BCUT2D eigenvalue weighted by atomic mass is 16.5. The van der Waals surface area contributed by atoms with E-state index in [1.54, 1.807) is 40.1 Å². The maximum absolute atomic E-state index is 12.9. The van der Waals surface area contributed by atoms with Crippen molar-refractivity contribution < 1.29 is 19.4 Å². The lowest BCUT2D eigenvalue weighted by molar-refractivity contribution is -0.133. The largest absolute Gasteiger partial charge is 0.497 e. The van der Waals surface area contributed by atoms with Crippen LogP contribution in [0.25, 0.3) is 0 Å². The fraction of sp³-hybridized carbons (Fsp3) is 0.450. The maximum atomic E-state index is 12.9. The summed E-state index contributed by atoms with van der Waals surface area (Å²) in [6.45, 7) is 2.76. The smallest absolute Gasteiger partial charge is 0.227 e. The van der Waals surface area contributed by atoms with Crippen LogP contribution in [0.4, 0.5) is 0 Å². The Morgan fingerprint density at radius 2 is 1.86 bits per heavy atom. The molecule has 0 saturated carbocycles. The molecule has 1 N–H and O–H groups in total. The predicted molar refractivity (Wildman–Crippen MR) is 103 cm³/mol. The second-order valence-corrected chi connectivity index (χ2v) is 7.21. The normalized spacial score (nSPS) is 20.0. The number of nitrogens with zero attached hydrogens (tertiary/aromatic N) is 4. The van der Waals surface area contributed by atoms with Gasteiger partial charge in [-0.05, 0) is 23.8 Å². The third-order valence-electron chi connectivity index (χ3n) is 4.94. The molecule has 1 aromatic carbocycles. The van der Waals surface area contributed by atoms with E-state index in [1.165, 1.54) is 6.92 Å². The summed E-state index contributed by atoms with van der Waals surface area (Å²) in [6, 6.07) is 9.11. The number of benzene rings is 1. The minimum absolute atomic E-state index is 0.0885. The number of aliphatic hydroxyl groups is 1. The predicted octanol–water partition coefficient (Wildman–Crippen LogP) is 0.556. The molecule has 0 bridgehead atoms. The molecule has 0 unspecified atom stereocenters. The van der Waals surface area contributed by atoms with E-state index in [9.17, 15) is 14.7 Å². The quantitative estimate of drug-likeness (QED) is 0.811. The topological polar surface area (TPSA) is 87.9 Å². The van der Waals surface area contributed by atoms with Crippen LogP contribution < -0.4 is 4.74 Å². The van der Waals surface area contributed by atoms with E-state index in [2.05, 4.69) is 5.10 Å². The summed E-state index contributed by atoms with van der Waals surface area (Å²) in [7, 11) is 1.60. The SMILES string of the molecule is COc1ccc(CC(=O)N2CCN(C(C)=O)C[C@](O)(Cn3cccn3)C2)cc1. The molecule has 1 fully saturated rings. The number of methoxy groups -OCH3 is 1. The Hall–Kier alpha value is -2.87. The molecule has 1 atom stereocenters. The van der Waals surface area contributed by atoms with Gasteiger partial charge in [-0.1, -0.05) is 12.1 Å². The second-order valence-electron chi connectivity index (χ2n) is 7.21. The van der Waals surface area contributed by atoms with E-state index in [-0.39, 0.29) is 37.9 Å². The van der Waals surface area contributed by atoms with Gasteiger partial charge in [0, 0.05) is 32.4 Å². The summed E-state index contributed by atoms with van der Waals surface area (Å²) in [5.41, 5.74) is -0.405. The number of amides is 2. The molecule has 1 saturated heterocycles. The first kappa shape index (κ1) is 19.9. The third-order valence-corrected chi connectivity index (χ3v) is 4.94. The van der Waals surface area contributed by atoms with Crippen molar-refractivity contribution in [2.24, 2.45) is 0 Å². The average molecular weight is 386 g/mol. The zero-order valence-electron chi connectivity index (χ0n) is 16.2. The minimum Gasteiger partial charge on any atom is -0.497 e. The molecule has 1 aliphatic rings. The van der Waals surface area contributed by atoms with Crippen LogP contribution in [0.1, 0.15) is 12.5 Å². The number of hydrogen-bond donors (Lipinski definition) is 1. The molecule has 8 heteroatoms. The van der Waals surface area contributed by atoms with Gasteiger partial charge in [-0.3, -0.25) is 14.3 Å². The number of aromatic nitrogens is 2. The van der Waals surface area contributed by atoms with Crippen LogP contribution in [0.3, 0.4) is 0 Å². The van der Waals surface area contributed by atoms with E-state index in [4.69, 9.17) is 4.74 Å². The van der Waals surface area contributed by atoms with Gasteiger partial charge in [-0.2, -0.15) is 5.10 Å². The van der Waals surface area contributed by atoms with Gasteiger partial charge in [0.05, 0.1) is 33.2 Å². The van der Waals surface area contributed by atoms with Crippen molar-refractivity contribution in [3.05, 3.63) is 48.3 Å². The summed E-state index contributed by atoms with van der Waals surface area (Å²) in [4.78, 5) is 28.1. The highest BCUT2D eigenvalue weighted by molar-refractivity contribution is 5.79. The van der Waals surface area contributed by atoms with Gasteiger partial charge in [-0.25, -0.2) is 0 Å². The van der Waals surface area contributed by atoms with Crippen molar-refractivity contribution in [3.8, 4) is 5.75 Å². The molecule has 0 spiro atoms. The molecule has 2 amide bonds. The van der Waals surface area contributed by atoms with E-state index < -0.39 is 5.60 Å². The maximum Gasteiger partial charge on any atom is 0.227 e. The van der Waals surface area contributed by atoms with Crippen LogP contribution in [-0.2, 0) is 22.6 Å². The Morgan fingerprint density at radius 1 is 1.18 bits per heavy atom. The Labute approximate surface area is 164 Å². The van der Waals surface area contributed by atoms with Gasteiger partial charge in [0.2, 0.25) is 11.8 Å². The lowest BCUT2D eigenvalue weighted by atomic mass is 10.0. The fourth-order valence-electron chi connectivity index (χ4n) is 3.47. The molecule has 2 heterocycles. The van der Waals surface area contributed by atoms with Crippen LogP contribution in [0.5, 0.6) is 5.75 Å². The molecule has 28 heavy (non-hydrogen) atoms. The minimum atomic E-state index is -1.27. The van der Waals surface area contributed by atoms with Crippen molar-refractivity contribution >= 4 is 11.8 Å². The number of hydrogen-bond acceptors (Lipinski definition) is 5. The molecule has 3 rings (SSSR count). The van der Waals surface area contributed by atoms with Gasteiger partial charge < -0.3 is 19.6 Å². The van der Waals surface area contributed by atoms with Crippen LogP contribution in [0, 0.1) is 0 Å². The number of ether oxygens (including phenoxy) is 1. The Kier molecular flexibility index (Phi) is 5.99. The van der Waals surface area contributed by atoms with Crippen LogP contribution in [0.2, 0.25) is 0 Å². The summed E-state index contributed by atoms with van der Waals surface area (Å²) in [5, 5.41) is 15.4. The lowest BCUT2D eigenvalue weighted by Gasteiger charge is -2.32. The highest BCUT2D eigenvalue weighted by Crippen LogP contribution is 2.19. The number of β-amino-alcohol motifs (C(OH)–C–C–N with tert-alkyl or cyclic N) is 1. The number of rotatable bonds is 5. The van der Waals surface area contributed by atoms with Crippen LogP contribution in [0.15, 0.2) is 42.7 Å². The summed E-state index contributed by atoms with van der Waals surface area (Å²) < 4.78 is 6.77. The van der Waals surface area contributed by atoms with Crippen LogP contribution >= 0.6 is 0 Å². The Morgan fingerprint density at radius 3 is 2.46 bits per heavy atom. The lowest BCUT2D eigenvalue weighted by Crippen LogP contribution is -2.51. The summed E-state index contributed by atoms with van der Waals surface area (Å²) >= 11 is 0. The van der Waals surface area contributed by atoms with E-state index in [0.29, 0.717) is 13.1 Å². The van der Waals surface area contributed by atoms with E-state index >= 15 is 0 Å². The molecule has 0 aliphatic carbocycles. The van der Waals surface area contributed by atoms with Crippen molar-refractivity contribution in [2.75, 3.05) is 33.3 Å². The van der Waals surface area contributed by atoms with Crippen LogP contribution in [-0.4, -0.2) is 75.4 Å². The monoisotopic (exact) mass is 386 g/mol. The third kappa shape index (κ3) is 4.89. The van der Waals surface area contributed by atoms with Crippen molar-refractivity contribution in [1.29, 1.82) is 0 Å². The van der Waals surface area contributed by atoms with Gasteiger partial charge in [0.1, 0.15) is 11.4 Å². The molecule has 1 aromatic heterocycles. The number of carbonyl (C=O) groups is 2. The zero-order valence-corrected chi connectivity index (χ0v) is 16.2. The molecule has 150 valence electrons. The first-order valence-electron chi connectivity index (χ1n) is 9.24. The summed E-state index contributed by atoms with van der Waals surface area (Å²) in [6.07, 6.45) is 3.61. The molecule has 0 radical (unpaired) electrons. The van der Waals surface area contributed by atoms with E-state index in [1.807, 2.05) is 24.3 Å². The molecular weight excluding hydrogens is 360 g/mol. The Bertz CT molecular complexity index is 806. The van der Waals surface area contributed by atoms with Gasteiger partial charge in [-0.15, -0.1) is 0 Å². The van der Waals surface area contributed by atoms with E-state index in [0.717, 1.165) is 11.3 Å². The van der Waals surface area contributed by atoms with Crippen molar-refractivity contribution in [3.63, 3.8) is 0 Å². The first-order chi connectivity index (χ1) is 13.4. The molecule has 1 aliphatic heterocycles. The Balaban J connectivity index is 1.75. The molecule has 2 aromatic rings. The first-order valence-corrected chi connectivity index (χ1v) is 9.24. The number of carbonyl (C=O) groups excluding carboxylic acids is 2. The van der Waals surface area contributed by atoms with Gasteiger partial charge >= 0.3 is 0 Å². The molecule has 8 nitrogen and oxygen atoms in total.